The highest BCUT2D eigenvalue weighted by Gasteiger charge is 2.32. The van der Waals surface area contributed by atoms with Crippen LogP contribution in [0.3, 0.4) is 0 Å². The first-order chi connectivity index (χ1) is 11.7. The molecule has 2 heterocycles. The summed E-state index contributed by atoms with van der Waals surface area (Å²) in [7, 11) is 0. The van der Waals surface area contributed by atoms with Gasteiger partial charge in [-0.05, 0) is 55.5 Å². The highest BCUT2D eigenvalue weighted by atomic mass is 32.2. The molecular weight excluding hydrogens is 342 g/mol. The number of nitrogens with zero attached hydrogens (tertiary/aromatic N) is 1. The molecule has 24 heavy (non-hydrogen) atoms. The van der Waals surface area contributed by atoms with Crippen molar-refractivity contribution >= 4 is 46.0 Å². The Morgan fingerprint density at radius 2 is 2.08 bits per heavy atom. The van der Waals surface area contributed by atoms with Gasteiger partial charge in [-0.1, -0.05) is 30.1 Å². The number of benzene rings is 1. The van der Waals surface area contributed by atoms with E-state index < -0.39 is 0 Å². The summed E-state index contributed by atoms with van der Waals surface area (Å²) >= 11 is 6.63. The third kappa shape index (κ3) is 3.60. The molecule has 0 aliphatic carbocycles. The number of thiocarbonyl (C=S) groups is 1. The largest absolute Gasteiger partial charge is 0.494 e. The third-order valence-corrected chi connectivity index (χ3v) is 4.57. The number of carbonyl (C=O) groups is 1. The summed E-state index contributed by atoms with van der Waals surface area (Å²) < 4.78 is 11.1. The van der Waals surface area contributed by atoms with Gasteiger partial charge in [0.1, 0.15) is 11.5 Å². The van der Waals surface area contributed by atoms with Crippen molar-refractivity contribution in [2.75, 3.05) is 11.5 Å². The second-order valence-electron chi connectivity index (χ2n) is 4.84. The molecule has 0 radical (unpaired) electrons. The normalized spacial score (nSPS) is 16.5. The Morgan fingerprint density at radius 1 is 1.29 bits per heavy atom. The van der Waals surface area contributed by atoms with Crippen LogP contribution in [0.5, 0.6) is 5.75 Å². The van der Waals surface area contributed by atoms with Crippen LogP contribution in [0.15, 0.2) is 64.1 Å². The molecule has 1 fully saturated rings. The average Bonchev–Trinajstić information content (AvgIpc) is 3.18. The van der Waals surface area contributed by atoms with E-state index >= 15 is 0 Å². The minimum Gasteiger partial charge on any atom is -0.494 e. The van der Waals surface area contributed by atoms with Crippen molar-refractivity contribution in [1.29, 1.82) is 0 Å². The molecule has 3 rings (SSSR count). The van der Waals surface area contributed by atoms with Crippen LogP contribution in [-0.2, 0) is 4.79 Å². The van der Waals surface area contributed by atoms with Gasteiger partial charge < -0.3 is 9.15 Å². The first-order valence-corrected chi connectivity index (χ1v) is 8.62. The fourth-order valence-corrected chi connectivity index (χ4v) is 3.43. The van der Waals surface area contributed by atoms with Gasteiger partial charge in [0.05, 0.1) is 23.5 Å². The zero-order chi connectivity index (χ0) is 16.9. The zero-order valence-electron chi connectivity index (χ0n) is 13.0. The Labute approximate surface area is 149 Å². The summed E-state index contributed by atoms with van der Waals surface area (Å²) in [4.78, 5) is 14.7. The van der Waals surface area contributed by atoms with E-state index in [1.54, 1.807) is 24.5 Å². The van der Waals surface area contributed by atoms with Crippen molar-refractivity contribution in [3.63, 3.8) is 0 Å². The van der Waals surface area contributed by atoms with Crippen LogP contribution in [0.4, 0.5) is 5.69 Å². The van der Waals surface area contributed by atoms with Crippen LogP contribution < -0.4 is 9.64 Å². The highest BCUT2D eigenvalue weighted by Crippen LogP contribution is 2.35. The third-order valence-electron chi connectivity index (χ3n) is 3.25. The summed E-state index contributed by atoms with van der Waals surface area (Å²) in [5, 5.41) is 0. The van der Waals surface area contributed by atoms with E-state index in [9.17, 15) is 4.79 Å². The number of carbonyl (C=O) groups excluding carboxylic acids is 1. The summed E-state index contributed by atoms with van der Waals surface area (Å²) in [6.45, 7) is 2.53. The van der Waals surface area contributed by atoms with Crippen LogP contribution in [-0.4, -0.2) is 16.8 Å². The zero-order valence-corrected chi connectivity index (χ0v) is 14.6. The van der Waals surface area contributed by atoms with Crippen molar-refractivity contribution in [3.05, 3.63) is 65.5 Å². The molecule has 0 N–H and O–H groups in total. The van der Waals surface area contributed by atoms with Crippen molar-refractivity contribution in [1.82, 2.24) is 0 Å². The number of amides is 1. The lowest BCUT2D eigenvalue weighted by atomic mass is 10.2. The van der Waals surface area contributed by atoms with E-state index in [1.165, 1.54) is 16.7 Å². The molecule has 0 atom stereocenters. The Hall–Kier alpha value is -2.31. The molecule has 1 saturated heterocycles. The molecule has 0 bridgehead atoms. The van der Waals surface area contributed by atoms with Gasteiger partial charge in [0.25, 0.3) is 5.91 Å². The molecule has 1 aliphatic heterocycles. The number of rotatable bonds is 5. The Kier molecular flexibility index (Phi) is 5.17. The van der Waals surface area contributed by atoms with Crippen LogP contribution in [0.2, 0.25) is 0 Å². The lowest BCUT2D eigenvalue weighted by molar-refractivity contribution is -0.113. The molecule has 4 nitrogen and oxygen atoms in total. The molecular formula is C18H15NO3S2. The van der Waals surface area contributed by atoms with E-state index in [0.717, 1.165) is 17.2 Å². The second-order valence-corrected chi connectivity index (χ2v) is 6.52. The van der Waals surface area contributed by atoms with Crippen molar-refractivity contribution in [2.45, 2.75) is 6.92 Å². The van der Waals surface area contributed by atoms with Crippen LogP contribution in [0.25, 0.3) is 6.08 Å². The topological polar surface area (TPSA) is 42.7 Å². The number of furan rings is 1. The fourth-order valence-electron chi connectivity index (χ4n) is 2.18. The molecule has 0 saturated carbocycles. The van der Waals surface area contributed by atoms with E-state index in [0.29, 0.717) is 15.8 Å². The predicted molar refractivity (Wildman–Crippen MR) is 101 cm³/mol. The number of thioether (sulfide) groups is 1. The van der Waals surface area contributed by atoms with Crippen LogP contribution in [0, 0.1) is 0 Å². The SMILES string of the molecule is CCOc1ccc(N2C(=O)/C(=C/C=C/c3ccco3)SC2=S)cc1. The first kappa shape index (κ1) is 16.5. The van der Waals surface area contributed by atoms with E-state index in [-0.39, 0.29) is 5.91 Å². The van der Waals surface area contributed by atoms with E-state index in [2.05, 4.69) is 0 Å². The fraction of sp³-hybridized carbons (Fsp3) is 0.111. The standard InChI is InChI=1S/C18H15NO3S2/c1-2-21-15-10-8-13(9-11-15)19-17(20)16(24-18(19)23)7-3-5-14-6-4-12-22-14/h3-12H,2H2,1H3/b5-3+,16-7-. The highest BCUT2D eigenvalue weighted by molar-refractivity contribution is 8.27. The summed E-state index contributed by atoms with van der Waals surface area (Å²) in [6.07, 6.45) is 6.92. The molecule has 1 aromatic heterocycles. The van der Waals surface area contributed by atoms with E-state index in [1.807, 2.05) is 43.3 Å². The Morgan fingerprint density at radius 3 is 2.75 bits per heavy atom. The molecule has 1 amide bonds. The van der Waals surface area contributed by atoms with Gasteiger partial charge in [0.15, 0.2) is 4.32 Å². The smallest absolute Gasteiger partial charge is 0.270 e. The van der Waals surface area contributed by atoms with Crippen molar-refractivity contribution in [2.24, 2.45) is 0 Å². The van der Waals surface area contributed by atoms with Gasteiger partial charge >= 0.3 is 0 Å². The molecule has 6 heteroatoms. The quantitative estimate of drug-likeness (QED) is 0.576. The number of allylic oxidation sites excluding steroid dienone is 2. The molecule has 122 valence electrons. The van der Waals surface area contributed by atoms with Gasteiger partial charge in [-0.15, -0.1) is 0 Å². The molecule has 0 spiro atoms. The van der Waals surface area contributed by atoms with Gasteiger partial charge in [-0.3, -0.25) is 9.69 Å². The number of hydrogen-bond acceptors (Lipinski definition) is 5. The van der Waals surface area contributed by atoms with E-state index in [4.69, 9.17) is 21.4 Å². The molecule has 0 unspecified atom stereocenters. The molecule has 1 aromatic carbocycles. The number of ether oxygens (including phenoxy) is 1. The molecule has 2 aromatic rings. The minimum atomic E-state index is -0.127. The minimum absolute atomic E-state index is 0.127. The lowest BCUT2D eigenvalue weighted by Crippen LogP contribution is -2.27. The number of hydrogen-bond donors (Lipinski definition) is 0. The van der Waals surface area contributed by atoms with Crippen molar-refractivity contribution < 1.29 is 13.9 Å². The van der Waals surface area contributed by atoms with Crippen LogP contribution >= 0.6 is 24.0 Å². The summed E-state index contributed by atoms with van der Waals surface area (Å²) in [5.74, 6) is 1.37. The second kappa shape index (κ2) is 7.51. The number of anilines is 1. The maximum absolute atomic E-state index is 12.6. The Balaban J connectivity index is 1.76. The monoisotopic (exact) mass is 357 g/mol. The predicted octanol–water partition coefficient (Wildman–Crippen LogP) is 4.64. The van der Waals surface area contributed by atoms with Gasteiger partial charge in [0, 0.05) is 0 Å². The van der Waals surface area contributed by atoms with Crippen molar-refractivity contribution in [3.8, 4) is 5.75 Å². The van der Waals surface area contributed by atoms with Gasteiger partial charge in [0.2, 0.25) is 0 Å². The maximum Gasteiger partial charge on any atom is 0.270 e. The van der Waals surface area contributed by atoms with Gasteiger partial charge in [-0.25, -0.2) is 0 Å². The maximum atomic E-state index is 12.6. The summed E-state index contributed by atoms with van der Waals surface area (Å²) in [6, 6.07) is 11.0. The summed E-state index contributed by atoms with van der Waals surface area (Å²) in [5.41, 5.74) is 0.736. The first-order valence-electron chi connectivity index (χ1n) is 7.40. The average molecular weight is 357 g/mol. The lowest BCUT2D eigenvalue weighted by Gasteiger charge is -2.15. The molecule has 1 aliphatic rings. The van der Waals surface area contributed by atoms with Crippen LogP contribution in [0.1, 0.15) is 12.7 Å². The Bertz CT molecular complexity index is 792. The van der Waals surface area contributed by atoms with Gasteiger partial charge in [-0.2, -0.15) is 0 Å².